The van der Waals surface area contributed by atoms with E-state index in [4.69, 9.17) is 9.16 Å². The zero-order valence-corrected chi connectivity index (χ0v) is 21.3. The first-order chi connectivity index (χ1) is 16.4. The maximum Gasteiger partial charge on any atom is 0.338 e. The molecule has 34 heavy (non-hydrogen) atoms. The fraction of sp³-hybridized carbons (Fsp3) is 0.300. The molecule has 176 valence electrons. The van der Waals surface area contributed by atoms with Crippen molar-refractivity contribution < 1.29 is 14.0 Å². The van der Waals surface area contributed by atoms with E-state index >= 15 is 0 Å². The Labute approximate surface area is 204 Å². The molecule has 0 radical (unpaired) electrons. The molecular weight excluding hydrogens is 436 g/mol. The Morgan fingerprint density at radius 1 is 0.853 bits per heavy atom. The van der Waals surface area contributed by atoms with Gasteiger partial charge in [0.15, 0.2) is 0 Å². The summed E-state index contributed by atoms with van der Waals surface area (Å²) in [6.07, 6.45) is 5.62. The number of ether oxygens (including phenoxy) is 1. The summed E-state index contributed by atoms with van der Waals surface area (Å²) in [6, 6.07) is 30.6. The minimum atomic E-state index is -2.57. The molecule has 4 rings (SSSR count). The van der Waals surface area contributed by atoms with Crippen LogP contribution in [0.15, 0.2) is 103 Å². The minimum absolute atomic E-state index is 0.0562. The highest BCUT2D eigenvalue weighted by Crippen LogP contribution is 2.37. The molecule has 0 aliphatic heterocycles. The van der Waals surface area contributed by atoms with Gasteiger partial charge in [0.2, 0.25) is 0 Å². The van der Waals surface area contributed by atoms with Gasteiger partial charge in [-0.1, -0.05) is 106 Å². The third kappa shape index (κ3) is 5.24. The Balaban J connectivity index is 1.54. The average molecular weight is 471 g/mol. The highest BCUT2D eigenvalue weighted by molar-refractivity contribution is 6.99. The van der Waals surface area contributed by atoms with Gasteiger partial charge in [0.05, 0.1) is 5.56 Å². The molecule has 0 saturated carbocycles. The van der Waals surface area contributed by atoms with Crippen molar-refractivity contribution >= 4 is 24.7 Å². The van der Waals surface area contributed by atoms with Crippen molar-refractivity contribution in [2.45, 2.75) is 44.8 Å². The van der Waals surface area contributed by atoms with E-state index < -0.39 is 8.32 Å². The van der Waals surface area contributed by atoms with Crippen LogP contribution in [-0.2, 0) is 9.16 Å². The van der Waals surface area contributed by atoms with E-state index in [9.17, 15) is 4.79 Å². The molecule has 0 amide bonds. The summed E-state index contributed by atoms with van der Waals surface area (Å²) in [5, 5.41) is 2.51. The van der Waals surface area contributed by atoms with Crippen LogP contribution in [0, 0.1) is 5.92 Å². The molecule has 0 N–H and O–H groups in total. The summed E-state index contributed by atoms with van der Waals surface area (Å²) in [5.41, 5.74) is 0.585. The van der Waals surface area contributed by atoms with Crippen LogP contribution in [0.25, 0.3) is 0 Å². The van der Waals surface area contributed by atoms with Crippen molar-refractivity contribution in [2.24, 2.45) is 5.92 Å². The van der Waals surface area contributed by atoms with Crippen molar-refractivity contribution in [1.29, 1.82) is 0 Å². The minimum Gasteiger partial charge on any atom is -0.455 e. The van der Waals surface area contributed by atoms with Crippen molar-refractivity contribution in [3.63, 3.8) is 0 Å². The topological polar surface area (TPSA) is 35.5 Å². The molecule has 0 spiro atoms. The van der Waals surface area contributed by atoms with Crippen LogP contribution in [0.5, 0.6) is 0 Å². The fourth-order valence-electron chi connectivity index (χ4n) is 4.93. The molecule has 0 unspecified atom stereocenters. The molecule has 4 heteroatoms. The second kappa shape index (κ2) is 10.5. The Bertz CT molecular complexity index is 1050. The summed E-state index contributed by atoms with van der Waals surface area (Å²) >= 11 is 0. The number of allylic oxidation sites excluding steroid dienone is 1. The Morgan fingerprint density at radius 2 is 1.38 bits per heavy atom. The Kier molecular flexibility index (Phi) is 7.49. The van der Waals surface area contributed by atoms with Crippen LogP contribution in [0.3, 0.4) is 0 Å². The van der Waals surface area contributed by atoms with Crippen LogP contribution >= 0.6 is 0 Å². The molecule has 0 bridgehead atoms. The second-order valence-electron chi connectivity index (χ2n) is 10.0. The molecule has 3 nitrogen and oxygen atoms in total. The van der Waals surface area contributed by atoms with E-state index in [1.807, 2.05) is 24.3 Å². The summed E-state index contributed by atoms with van der Waals surface area (Å²) in [5.74, 6) is 0.0176. The molecule has 2 atom stereocenters. The van der Waals surface area contributed by atoms with Gasteiger partial charge in [-0.05, 0) is 52.4 Å². The van der Waals surface area contributed by atoms with Crippen molar-refractivity contribution in [3.05, 3.63) is 109 Å². The first-order valence-electron chi connectivity index (χ1n) is 12.1. The van der Waals surface area contributed by atoms with Gasteiger partial charge < -0.3 is 9.16 Å². The van der Waals surface area contributed by atoms with Gasteiger partial charge >= 0.3 is 5.97 Å². The predicted molar refractivity (Wildman–Crippen MR) is 141 cm³/mol. The highest BCUT2D eigenvalue weighted by Gasteiger charge is 2.50. The normalized spacial score (nSPS) is 18.4. The lowest BCUT2D eigenvalue weighted by atomic mass is 9.93. The zero-order chi connectivity index (χ0) is 24.0. The van der Waals surface area contributed by atoms with Crippen LogP contribution in [0.4, 0.5) is 0 Å². The molecule has 0 saturated heterocycles. The molecule has 3 aromatic rings. The third-order valence-electron chi connectivity index (χ3n) is 6.61. The molecule has 0 aromatic heterocycles. The van der Waals surface area contributed by atoms with E-state index in [1.54, 1.807) is 12.1 Å². The van der Waals surface area contributed by atoms with Gasteiger partial charge in [0, 0.05) is 6.61 Å². The number of hydrogen-bond acceptors (Lipinski definition) is 3. The number of benzene rings is 3. The maximum absolute atomic E-state index is 12.6. The van der Waals surface area contributed by atoms with E-state index in [0.717, 1.165) is 12.8 Å². The summed E-state index contributed by atoms with van der Waals surface area (Å²) < 4.78 is 12.9. The van der Waals surface area contributed by atoms with Gasteiger partial charge in [-0.3, -0.25) is 0 Å². The SMILES string of the molecule is CC(C)(C)[Si](OC[C@H]1CC=C[C@H](OC(=O)c2ccccc2)C1)(c1ccccc1)c1ccccc1. The first-order valence-corrected chi connectivity index (χ1v) is 14.0. The molecule has 0 fully saturated rings. The van der Waals surface area contributed by atoms with Gasteiger partial charge in [-0.25, -0.2) is 4.79 Å². The monoisotopic (exact) mass is 470 g/mol. The van der Waals surface area contributed by atoms with Gasteiger partial charge in [0.1, 0.15) is 6.10 Å². The molecule has 1 aliphatic rings. The summed E-state index contributed by atoms with van der Waals surface area (Å²) in [7, 11) is -2.57. The third-order valence-corrected chi connectivity index (χ3v) is 11.6. The van der Waals surface area contributed by atoms with Crippen LogP contribution in [0.2, 0.25) is 5.04 Å². The second-order valence-corrected chi connectivity index (χ2v) is 14.4. The number of carbonyl (C=O) groups is 1. The lowest BCUT2D eigenvalue weighted by Gasteiger charge is -2.44. The highest BCUT2D eigenvalue weighted by atomic mass is 28.4. The molecule has 3 aromatic carbocycles. The number of hydrogen-bond donors (Lipinski definition) is 0. The van der Waals surface area contributed by atoms with Crippen molar-refractivity contribution in [2.75, 3.05) is 6.61 Å². The maximum atomic E-state index is 12.6. The van der Waals surface area contributed by atoms with E-state index in [2.05, 4.69) is 87.5 Å². The van der Waals surface area contributed by atoms with E-state index in [1.165, 1.54) is 10.4 Å². The standard InChI is InChI=1S/C30H34O3Si/c1-30(2,3)34(27-18-9-5-10-19-27,28-20-11-6-12-21-28)32-23-24-14-13-17-26(22-24)33-29(31)25-15-7-4-8-16-25/h4-13,15-21,24,26H,14,22-23H2,1-3H3/t24-,26-/m0/s1. The predicted octanol–water partition coefficient (Wildman–Crippen LogP) is 5.75. The van der Waals surface area contributed by atoms with E-state index in [0.29, 0.717) is 18.1 Å². The largest absolute Gasteiger partial charge is 0.455 e. The van der Waals surface area contributed by atoms with Crippen LogP contribution < -0.4 is 10.4 Å². The number of esters is 1. The quantitative estimate of drug-likeness (QED) is 0.250. The fourth-order valence-corrected chi connectivity index (χ4v) is 9.57. The lowest BCUT2D eigenvalue weighted by Crippen LogP contribution is -2.67. The molecular formula is C30H34O3Si. The van der Waals surface area contributed by atoms with Crippen molar-refractivity contribution in [1.82, 2.24) is 0 Å². The first kappa shape index (κ1) is 24.2. The smallest absolute Gasteiger partial charge is 0.338 e. The molecule has 0 heterocycles. The van der Waals surface area contributed by atoms with Gasteiger partial charge in [-0.2, -0.15) is 0 Å². The average Bonchev–Trinajstić information content (AvgIpc) is 2.86. The Morgan fingerprint density at radius 3 is 1.91 bits per heavy atom. The molecule has 1 aliphatic carbocycles. The van der Waals surface area contributed by atoms with E-state index in [-0.39, 0.29) is 17.1 Å². The number of carbonyl (C=O) groups excluding carboxylic acids is 1. The van der Waals surface area contributed by atoms with Gasteiger partial charge in [0.25, 0.3) is 8.32 Å². The lowest BCUT2D eigenvalue weighted by molar-refractivity contribution is 0.0316. The van der Waals surface area contributed by atoms with Crippen LogP contribution in [-0.4, -0.2) is 27.0 Å². The van der Waals surface area contributed by atoms with Gasteiger partial charge in [-0.15, -0.1) is 0 Å². The number of rotatable bonds is 7. The Hall–Kier alpha value is -2.95. The summed E-state index contributed by atoms with van der Waals surface area (Å²) in [4.78, 5) is 12.6. The van der Waals surface area contributed by atoms with Crippen LogP contribution in [0.1, 0.15) is 44.0 Å². The zero-order valence-electron chi connectivity index (χ0n) is 20.3. The summed E-state index contributed by atoms with van der Waals surface area (Å²) in [6.45, 7) is 7.52. The van der Waals surface area contributed by atoms with Crippen molar-refractivity contribution in [3.8, 4) is 0 Å².